The Morgan fingerprint density at radius 1 is 1.56 bits per heavy atom. The third-order valence-electron chi connectivity index (χ3n) is 2.50. The van der Waals surface area contributed by atoms with Crippen LogP contribution in [0.25, 0.3) is 0 Å². The van der Waals surface area contributed by atoms with Gasteiger partial charge in [0.15, 0.2) is 0 Å². The highest BCUT2D eigenvalue weighted by atomic mass is 32.2. The van der Waals surface area contributed by atoms with Crippen molar-refractivity contribution in [3.8, 4) is 0 Å². The van der Waals surface area contributed by atoms with Gasteiger partial charge in [-0.1, -0.05) is 0 Å². The lowest BCUT2D eigenvalue weighted by molar-refractivity contribution is -0.137. The summed E-state index contributed by atoms with van der Waals surface area (Å²) in [4.78, 5) is 10.6. The fourth-order valence-corrected chi connectivity index (χ4v) is 3.56. The first-order chi connectivity index (χ1) is 7.35. The number of rotatable bonds is 5. The SMILES string of the molecule is CC(C)N(CC(=O)O)S(=O)(=O)C1CCOC1. The molecule has 0 radical (unpaired) electrons. The predicted molar refractivity (Wildman–Crippen MR) is 57.6 cm³/mol. The van der Waals surface area contributed by atoms with Crippen LogP contribution in [0.5, 0.6) is 0 Å². The van der Waals surface area contributed by atoms with Crippen LogP contribution in [-0.4, -0.2) is 54.8 Å². The van der Waals surface area contributed by atoms with Crippen LogP contribution in [0.2, 0.25) is 0 Å². The average molecular weight is 251 g/mol. The van der Waals surface area contributed by atoms with Gasteiger partial charge >= 0.3 is 5.97 Å². The van der Waals surface area contributed by atoms with Crippen LogP contribution in [0, 0.1) is 0 Å². The predicted octanol–water partition coefficient (Wildman–Crippen LogP) is -0.0999. The van der Waals surface area contributed by atoms with Crippen LogP contribution in [-0.2, 0) is 19.6 Å². The summed E-state index contributed by atoms with van der Waals surface area (Å²) < 4.78 is 30.2. The molecule has 0 saturated carbocycles. The second kappa shape index (κ2) is 5.11. The highest BCUT2D eigenvalue weighted by Crippen LogP contribution is 2.19. The molecule has 0 aromatic heterocycles. The minimum Gasteiger partial charge on any atom is -0.480 e. The zero-order valence-electron chi connectivity index (χ0n) is 9.42. The third kappa shape index (κ3) is 2.93. The molecule has 0 amide bonds. The topological polar surface area (TPSA) is 83.9 Å². The number of carboxylic acids is 1. The second-order valence-electron chi connectivity index (χ2n) is 4.06. The summed E-state index contributed by atoms with van der Waals surface area (Å²) in [5, 5.41) is 8.10. The molecular weight excluding hydrogens is 234 g/mol. The molecule has 16 heavy (non-hydrogen) atoms. The molecule has 1 N–H and O–H groups in total. The van der Waals surface area contributed by atoms with Crippen molar-refractivity contribution >= 4 is 16.0 Å². The molecule has 1 aliphatic rings. The van der Waals surface area contributed by atoms with Crippen molar-refractivity contribution in [1.82, 2.24) is 4.31 Å². The van der Waals surface area contributed by atoms with E-state index in [-0.39, 0.29) is 12.6 Å². The molecule has 1 atom stereocenters. The fourth-order valence-electron chi connectivity index (χ4n) is 1.64. The van der Waals surface area contributed by atoms with E-state index in [1.165, 1.54) is 0 Å². The van der Waals surface area contributed by atoms with Gasteiger partial charge in [-0.3, -0.25) is 4.79 Å². The normalized spacial score (nSPS) is 21.9. The molecule has 0 aliphatic carbocycles. The van der Waals surface area contributed by atoms with Gasteiger partial charge in [-0.2, -0.15) is 4.31 Å². The molecule has 0 bridgehead atoms. The van der Waals surface area contributed by atoms with Gasteiger partial charge in [0.05, 0.1) is 6.61 Å². The molecule has 0 aromatic carbocycles. The van der Waals surface area contributed by atoms with E-state index in [4.69, 9.17) is 9.84 Å². The van der Waals surface area contributed by atoms with Gasteiger partial charge in [0.1, 0.15) is 11.8 Å². The molecule has 1 aliphatic heterocycles. The largest absolute Gasteiger partial charge is 0.480 e. The highest BCUT2D eigenvalue weighted by molar-refractivity contribution is 7.89. The van der Waals surface area contributed by atoms with E-state index in [1.54, 1.807) is 13.8 Å². The van der Waals surface area contributed by atoms with Crippen LogP contribution in [0.1, 0.15) is 20.3 Å². The van der Waals surface area contributed by atoms with Crippen LogP contribution >= 0.6 is 0 Å². The molecular formula is C9H17NO5S. The third-order valence-corrected chi connectivity index (χ3v) is 4.92. The van der Waals surface area contributed by atoms with E-state index in [0.29, 0.717) is 13.0 Å². The molecule has 94 valence electrons. The van der Waals surface area contributed by atoms with Gasteiger partial charge in [-0.25, -0.2) is 8.42 Å². The van der Waals surface area contributed by atoms with Crippen LogP contribution in [0.4, 0.5) is 0 Å². The smallest absolute Gasteiger partial charge is 0.318 e. The summed E-state index contributed by atoms with van der Waals surface area (Å²) in [5.41, 5.74) is 0. The molecule has 1 fully saturated rings. The van der Waals surface area contributed by atoms with Crippen molar-refractivity contribution in [1.29, 1.82) is 0 Å². The molecule has 1 saturated heterocycles. The minimum absolute atomic E-state index is 0.158. The van der Waals surface area contributed by atoms with Crippen LogP contribution in [0.15, 0.2) is 0 Å². The first kappa shape index (κ1) is 13.4. The quantitative estimate of drug-likeness (QED) is 0.737. The van der Waals surface area contributed by atoms with Gasteiger partial charge in [-0.05, 0) is 20.3 Å². The standard InChI is InChI=1S/C9H17NO5S/c1-7(2)10(5-9(11)12)16(13,14)8-3-4-15-6-8/h7-8H,3-6H2,1-2H3,(H,11,12). The zero-order valence-corrected chi connectivity index (χ0v) is 10.2. The molecule has 1 unspecified atom stereocenters. The van der Waals surface area contributed by atoms with Gasteiger partial charge in [0, 0.05) is 12.6 Å². The molecule has 6 nitrogen and oxygen atoms in total. The Labute approximate surface area is 95.2 Å². The summed E-state index contributed by atoms with van der Waals surface area (Å²) >= 11 is 0. The summed E-state index contributed by atoms with van der Waals surface area (Å²) in [6.45, 7) is 3.41. The minimum atomic E-state index is -3.57. The maximum atomic E-state index is 12.1. The number of sulfonamides is 1. The number of hydrogen-bond donors (Lipinski definition) is 1. The first-order valence-electron chi connectivity index (χ1n) is 5.16. The van der Waals surface area contributed by atoms with E-state index in [0.717, 1.165) is 4.31 Å². The summed E-state index contributed by atoms with van der Waals surface area (Å²) in [5.74, 6) is -1.14. The van der Waals surface area contributed by atoms with Crippen molar-refractivity contribution < 1.29 is 23.1 Å². The molecule has 1 rings (SSSR count). The van der Waals surface area contributed by atoms with E-state index in [2.05, 4.69) is 0 Å². The van der Waals surface area contributed by atoms with Crippen LogP contribution in [0.3, 0.4) is 0 Å². The average Bonchev–Trinajstić information content (AvgIpc) is 2.66. The first-order valence-corrected chi connectivity index (χ1v) is 6.66. The molecule has 0 spiro atoms. The van der Waals surface area contributed by atoms with Crippen molar-refractivity contribution in [2.45, 2.75) is 31.6 Å². The van der Waals surface area contributed by atoms with E-state index >= 15 is 0 Å². The van der Waals surface area contributed by atoms with Crippen molar-refractivity contribution in [3.05, 3.63) is 0 Å². The lowest BCUT2D eigenvalue weighted by Crippen LogP contribution is -2.45. The maximum absolute atomic E-state index is 12.1. The maximum Gasteiger partial charge on any atom is 0.318 e. The van der Waals surface area contributed by atoms with Crippen molar-refractivity contribution in [3.63, 3.8) is 0 Å². The lowest BCUT2D eigenvalue weighted by atomic mass is 10.4. The van der Waals surface area contributed by atoms with Crippen molar-refractivity contribution in [2.24, 2.45) is 0 Å². The molecule has 0 aromatic rings. The van der Waals surface area contributed by atoms with Gasteiger partial charge < -0.3 is 9.84 Å². The molecule has 7 heteroatoms. The monoisotopic (exact) mass is 251 g/mol. The van der Waals surface area contributed by atoms with E-state index in [9.17, 15) is 13.2 Å². The Morgan fingerprint density at radius 2 is 2.19 bits per heavy atom. The number of hydrogen-bond acceptors (Lipinski definition) is 4. The number of carboxylic acid groups (broad SMARTS) is 1. The summed E-state index contributed by atoms with van der Waals surface area (Å²) in [6, 6.07) is -0.360. The lowest BCUT2D eigenvalue weighted by Gasteiger charge is -2.26. The van der Waals surface area contributed by atoms with Crippen molar-refractivity contribution in [2.75, 3.05) is 19.8 Å². The zero-order chi connectivity index (χ0) is 12.3. The Morgan fingerprint density at radius 3 is 2.56 bits per heavy atom. The Kier molecular flexibility index (Phi) is 4.28. The number of aliphatic carboxylic acids is 1. The number of nitrogens with zero attached hydrogens (tertiary/aromatic N) is 1. The summed E-state index contributed by atoms with van der Waals surface area (Å²) in [7, 11) is -3.57. The summed E-state index contributed by atoms with van der Waals surface area (Å²) in [6.07, 6.45) is 0.436. The van der Waals surface area contributed by atoms with Crippen LogP contribution < -0.4 is 0 Å². The second-order valence-corrected chi connectivity index (χ2v) is 6.23. The van der Waals surface area contributed by atoms with Gasteiger partial charge in [0.25, 0.3) is 0 Å². The highest BCUT2D eigenvalue weighted by Gasteiger charge is 2.37. The van der Waals surface area contributed by atoms with Gasteiger partial charge in [-0.15, -0.1) is 0 Å². The Balaban J connectivity index is 2.87. The Hall–Kier alpha value is -0.660. The number of carbonyl (C=O) groups is 1. The van der Waals surface area contributed by atoms with E-state index in [1.807, 2.05) is 0 Å². The van der Waals surface area contributed by atoms with Gasteiger partial charge in [0.2, 0.25) is 10.0 Å². The fraction of sp³-hybridized carbons (Fsp3) is 0.889. The number of ether oxygens (including phenoxy) is 1. The molecule has 1 heterocycles. The van der Waals surface area contributed by atoms with E-state index < -0.39 is 27.8 Å². The Bertz CT molecular complexity index is 345.